The third-order valence-corrected chi connectivity index (χ3v) is 3.56. The van der Waals surface area contributed by atoms with Crippen LogP contribution in [0.15, 0.2) is 23.1 Å². The van der Waals surface area contributed by atoms with Crippen LogP contribution in [0.1, 0.15) is 30.6 Å². The van der Waals surface area contributed by atoms with Gasteiger partial charge in [0.15, 0.2) is 0 Å². The fourth-order valence-electron chi connectivity index (χ4n) is 1.97. The Morgan fingerprint density at radius 3 is 2.82 bits per heavy atom. The second kappa shape index (κ2) is 4.00. The Labute approximate surface area is 98.9 Å². The molecule has 1 aromatic rings. The van der Waals surface area contributed by atoms with Gasteiger partial charge in [-0.1, -0.05) is 13.8 Å². The molecule has 0 spiro atoms. The minimum atomic E-state index is -0.382. The van der Waals surface area contributed by atoms with E-state index in [-0.39, 0.29) is 29.0 Å². The van der Waals surface area contributed by atoms with E-state index in [2.05, 4.69) is 10.3 Å². The van der Waals surface area contributed by atoms with Crippen molar-refractivity contribution in [3.63, 3.8) is 0 Å². The zero-order chi connectivity index (χ0) is 12.6. The van der Waals surface area contributed by atoms with Crippen molar-refractivity contribution in [2.75, 3.05) is 0 Å². The maximum atomic E-state index is 11.8. The monoisotopic (exact) mass is 236 g/mol. The number of aliphatic hydroxyl groups is 1. The Morgan fingerprint density at radius 2 is 2.29 bits per heavy atom. The topological polar surface area (TPSA) is 82.2 Å². The van der Waals surface area contributed by atoms with Gasteiger partial charge < -0.3 is 15.4 Å². The van der Waals surface area contributed by atoms with Gasteiger partial charge in [0.1, 0.15) is 0 Å². The molecule has 1 aromatic heterocycles. The minimum absolute atomic E-state index is 0.0516. The normalized spacial score (nSPS) is 26.1. The molecule has 3 N–H and O–H groups in total. The summed E-state index contributed by atoms with van der Waals surface area (Å²) in [7, 11) is 0. The Morgan fingerprint density at radius 1 is 1.59 bits per heavy atom. The van der Waals surface area contributed by atoms with Crippen LogP contribution in [0.2, 0.25) is 0 Å². The lowest BCUT2D eigenvalue weighted by molar-refractivity contribution is -0.0689. The van der Waals surface area contributed by atoms with Crippen LogP contribution in [0.4, 0.5) is 0 Å². The summed E-state index contributed by atoms with van der Waals surface area (Å²) in [6.07, 6.45) is 1.62. The first-order valence-electron chi connectivity index (χ1n) is 5.59. The molecule has 0 bridgehead atoms. The number of H-pyrrole nitrogens is 1. The highest BCUT2D eigenvalue weighted by atomic mass is 16.3. The molecular formula is C12H16N2O3. The molecule has 5 heteroatoms. The second-order valence-electron chi connectivity index (χ2n) is 5.04. The molecule has 2 unspecified atom stereocenters. The Bertz CT molecular complexity index is 493. The molecule has 0 saturated heterocycles. The average molecular weight is 236 g/mol. The van der Waals surface area contributed by atoms with Crippen molar-refractivity contribution >= 4 is 5.91 Å². The Kier molecular flexibility index (Phi) is 2.79. The maximum Gasteiger partial charge on any atom is 0.251 e. The SMILES string of the molecule is CC1(C)C(O)CC1NC(=O)c1cc[nH]c(=O)c1. The first kappa shape index (κ1) is 11.9. The van der Waals surface area contributed by atoms with E-state index < -0.39 is 0 Å². The van der Waals surface area contributed by atoms with Gasteiger partial charge in [-0.2, -0.15) is 0 Å². The van der Waals surface area contributed by atoms with Gasteiger partial charge >= 0.3 is 0 Å². The predicted molar refractivity (Wildman–Crippen MR) is 62.7 cm³/mol. The van der Waals surface area contributed by atoms with Gasteiger partial charge in [-0.05, 0) is 12.5 Å². The second-order valence-corrected chi connectivity index (χ2v) is 5.04. The summed E-state index contributed by atoms with van der Waals surface area (Å²) in [5, 5.41) is 12.4. The van der Waals surface area contributed by atoms with Crippen molar-refractivity contribution in [3.05, 3.63) is 34.2 Å². The van der Waals surface area contributed by atoms with Crippen LogP contribution in [0, 0.1) is 5.41 Å². The Hall–Kier alpha value is -1.62. The zero-order valence-electron chi connectivity index (χ0n) is 9.86. The van der Waals surface area contributed by atoms with E-state index in [0.29, 0.717) is 12.0 Å². The fraction of sp³-hybridized carbons (Fsp3) is 0.500. The van der Waals surface area contributed by atoms with E-state index in [1.54, 1.807) is 6.07 Å². The average Bonchev–Trinajstić information content (AvgIpc) is 2.28. The lowest BCUT2D eigenvalue weighted by Gasteiger charge is -2.49. The molecule has 0 aromatic carbocycles. The van der Waals surface area contributed by atoms with Crippen LogP contribution in [0.5, 0.6) is 0 Å². The van der Waals surface area contributed by atoms with Gasteiger partial charge in [-0.25, -0.2) is 0 Å². The summed E-state index contributed by atoms with van der Waals surface area (Å²) in [6.45, 7) is 3.81. The van der Waals surface area contributed by atoms with Crippen molar-refractivity contribution < 1.29 is 9.90 Å². The number of aromatic amines is 1. The van der Waals surface area contributed by atoms with Gasteiger partial charge in [-0.15, -0.1) is 0 Å². The molecule has 1 amide bonds. The number of aromatic nitrogens is 1. The molecule has 1 fully saturated rings. The molecule has 0 radical (unpaired) electrons. The molecule has 2 atom stereocenters. The third kappa shape index (κ3) is 2.10. The molecular weight excluding hydrogens is 220 g/mol. The van der Waals surface area contributed by atoms with Crippen molar-refractivity contribution in [2.24, 2.45) is 5.41 Å². The van der Waals surface area contributed by atoms with Gasteiger partial charge in [0, 0.05) is 29.3 Å². The number of carbonyl (C=O) groups excluding carboxylic acids is 1. The van der Waals surface area contributed by atoms with Crippen molar-refractivity contribution in [3.8, 4) is 0 Å². The number of amides is 1. The largest absolute Gasteiger partial charge is 0.392 e. The van der Waals surface area contributed by atoms with Crippen LogP contribution in [0.25, 0.3) is 0 Å². The molecule has 92 valence electrons. The van der Waals surface area contributed by atoms with E-state index in [1.807, 2.05) is 13.8 Å². The minimum Gasteiger partial charge on any atom is -0.392 e. The van der Waals surface area contributed by atoms with E-state index in [9.17, 15) is 14.7 Å². The molecule has 1 heterocycles. The van der Waals surface area contributed by atoms with Crippen LogP contribution in [0.3, 0.4) is 0 Å². The maximum absolute atomic E-state index is 11.8. The van der Waals surface area contributed by atoms with Crippen LogP contribution >= 0.6 is 0 Å². The number of rotatable bonds is 2. The number of aliphatic hydroxyl groups excluding tert-OH is 1. The summed E-state index contributed by atoms with van der Waals surface area (Å²) in [6, 6.07) is 2.76. The highest BCUT2D eigenvalue weighted by molar-refractivity contribution is 5.94. The van der Waals surface area contributed by atoms with Crippen molar-refractivity contribution in [1.29, 1.82) is 0 Å². The fourth-order valence-corrected chi connectivity index (χ4v) is 1.97. The summed E-state index contributed by atoms with van der Waals surface area (Å²) < 4.78 is 0. The lowest BCUT2D eigenvalue weighted by Crippen LogP contribution is -2.61. The van der Waals surface area contributed by atoms with Crippen molar-refractivity contribution in [1.82, 2.24) is 10.3 Å². The predicted octanol–water partition coefficient (Wildman–Crippen LogP) is 0.264. The van der Waals surface area contributed by atoms with Gasteiger partial charge in [0.05, 0.1) is 6.10 Å². The zero-order valence-corrected chi connectivity index (χ0v) is 9.86. The number of hydrogen-bond donors (Lipinski definition) is 3. The molecule has 1 aliphatic carbocycles. The molecule has 17 heavy (non-hydrogen) atoms. The summed E-state index contributed by atoms with van der Waals surface area (Å²) in [5.74, 6) is -0.277. The van der Waals surface area contributed by atoms with Crippen LogP contribution in [-0.4, -0.2) is 28.1 Å². The smallest absolute Gasteiger partial charge is 0.251 e. The summed E-state index contributed by atoms with van der Waals surface area (Å²) in [5.41, 5.74) is -0.270. The number of nitrogens with one attached hydrogen (secondary N) is 2. The molecule has 2 rings (SSSR count). The standard InChI is InChI=1S/C12H16N2O3/c1-12(2)8(6-9(12)15)14-11(17)7-3-4-13-10(16)5-7/h3-5,8-9,15H,6H2,1-2H3,(H,13,16)(H,14,17). The number of carbonyl (C=O) groups is 1. The highest BCUT2D eigenvalue weighted by Gasteiger charge is 2.47. The van der Waals surface area contributed by atoms with Gasteiger partial charge in [-0.3, -0.25) is 9.59 Å². The first-order valence-corrected chi connectivity index (χ1v) is 5.59. The van der Waals surface area contributed by atoms with Gasteiger partial charge in [0.2, 0.25) is 5.56 Å². The van der Waals surface area contributed by atoms with Gasteiger partial charge in [0.25, 0.3) is 5.91 Å². The molecule has 0 aliphatic heterocycles. The van der Waals surface area contributed by atoms with E-state index >= 15 is 0 Å². The quantitative estimate of drug-likeness (QED) is 0.689. The van der Waals surface area contributed by atoms with E-state index in [4.69, 9.17) is 0 Å². The lowest BCUT2D eigenvalue weighted by atomic mass is 9.64. The van der Waals surface area contributed by atoms with E-state index in [1.165, 1.54) is 12.3 Å². The van der Waals surface area contributed by atoms with Crippen LogP contribution < -0.4 is 10.9 Å². The first-order chi connectivity index (χ1) is 7.91. The summed E-state index contributed by atoms with van der Waals surface area (Å²) >= 11 is 0. The third-order valence-electron chi connectivity index (χ3n) is 3.56. The Balaban J connectivity index is 2.06. The van der Waals surface area contributed by atoms with Crippen LogP contribution in [-0.2, 0) is 0 Å². The van der Waals surface area contributed by atoms with Crippen molar-refractivity contribution in [2.45, 2.75) is 32.4 Å². The molecule has 1 aliphatic rings. The van der Waals surface area contributed by atoms with E-state index in [0.717, 1.165) is 0 Å². The number of pyridine rings is 1. The number of hydrogen-bond acceptors (Lipinski definition) is 3. The highest BCUT2D eigenvalue weighted by Crippen LogP contribution is 2.40. The summed E-state index contributed by atoms with van der Waals surface area (Å²) in [4.78, 5) is 25.4. The molecule has 1 saturated carbocycles. The molecule has 5 nitrogen and oxygen atoms in total.